The van der Waals surface area contributed by atoms with Gasteiger partial charge in [0.1, 0.15) is 0 Å². The number of carboxylic acids is 1. The van der Waals surface area contributed by atoms with Gasteiger partial charge in [0.25, 0.3) is 0 Å². The van der Waals surface area contributed by atoms with Crippen molar-refractivity contribution < 1.29 is 14.7 Å². The van der Waals surface area contributed by atoms with Crippen molar-refractivity contribution in [1.29, 1.82) is 0 Å². The molecule has 0 amide bonds. The Morgan fingerprint density at radius 2 is 1.52 bits per heavy atom. The van der Waals surface area contributed by atoms with Crippen LogP contribution in [0.1, 0.15) is 12.5 Å². The van der Waals surface area contributed by atoms with Crippen LogP contribution in [0.4, 0.5) is 5.69 Å². The van der Waals surface area contributed by atoms with Gasteiger partial charge in [0.05, 0.1) is 6.67 Å². The molecule has 1 unspecified atom stereocenters. The highest BCUT2D eigenvalue weighted by molar-refractivity contribution is 6.04. The van der Waals surface area contributed by atoms with Crippen molar-refractivity contribution in [3.8, 4) is 0 Å². The topological polar surface area (TPSA) is 83.6 Å². The molecule has 0 aliphatic rings. The highest BCUT2D eigenvalue weighted by atomic mass is 16.4. The van der Waals surface area contributed by atoms with Gasteiger partial charge in [0.2, 0.25) is 0 Å². The van der Waals surface area contributed by atoms with Crippen LogP contribution in [0.3, 0.4) is 0 Å². The van der Waals surface area contributed by atoms with E-state index in [4.69, 9.17) is 10.8 Å². The van der Waals surface area contributed by atoms with Crippen LogP contribution >= 0.6 is 0 Å². The van der Waals surface area contributed by atoms with Gasteiger partial charge in [-0.2, -0.15) is 0 Å². The Bertz CT molecular complexity index is 601. The highest BCUT2D eigenvalue weighted by Crippen LogP contribution is 2.15. The van der Waals surface area contributed by atoms with Crippen molar-refractivity contribution in [2.24, 2.45) is 5.73 Å². The van der Waals surface area contributed by atoms with Gasteiger partial charge in [-0.15, -0.1) is 0 Å². The summed E-state index contributed by atoms with van der Waals surface area (Å²) in [6, 6.07) is 17.8. The zero-order chi connectivity index (χ0) is 17.2. The predicted molar refractivity (Wildman–Crippen MR) is 91.3 cm³/mol. The molecule has 0 aliphatic heterocycles. The Balaban J connectivity index is 0.000000313. The van der Waals surface area contributed by atoms with Crippen LogP contribution in [0, 0.1) is 6.92 Å². The van der Waals surface area contributed by atoms with Gasteiger partial charge in [0, 0.05) is 5.69 Å². The average Bonchev–Trinajstić information content (AvgIpc) is 2.53. The van der Waals surface area contributed by atoms with E-state index >= 15 is 0 Å². The molecule has 5 nitrogen and oxygen atoms in total. The summed E-state index contributed by atoms with van der Waals surface area (Å²) in [5.41, 5.74) is 7.43. The molecular weight excluding hydrogens is 292 g/mol. The van der Waals surface area contributed by atoms with Crippen LogP contribution in [0.15, 0.2) is 60.7 Å². The van der Waals surface area contributed by atoms with E-state index in [2.05, 4.69) is 19.1 Å². The molecule has 23 heavy (non-hydrogen) atoms. The number of para-hydroxylation sites is 1. The van der Waals surface area contributed by atoms with Gasteiger partial charge in [-0.3, -0.25) is 4.79 Å². The Morgan fingerprint density at radius 3 is 1.83 bits per heavy atom. The number of hydrogen-bond acceptors (Lipinski definition) is 4. The predicted octanol–water partition coefficient (Wildman–Crippen LogP) is 2.45. The Kier molecular flexibility index (Phi) is 7.50. The Labute approximate surface area is 136 Å². The molecule has 0 heterocycles. The number of nitrogens with zero attached hydrogens (tertiary/aromatic N) is 1. The molecule has 0 aliphatic carbocycles. The number of carbonyl (C=O) groups is 2. The number of nitrogens with two attached hydrogens (primary N) is 1. The molecule has 122 valence electrons. The number of benzene rings is 2. The molecule has 0 radical (unpaired) electrons. The lowest BCUT2D eigenvalue weighted by Gasteiger charge is -2.27. The van der Waals surface area contributed by atoms with E-state index in [9.17, 15) is 9.59 Å². The van der Waals surface area contributed by atoms with E-state index in [1.165, 1.54) is 17.4 Å². The second-order valence-electron chi connectivity index (χ2n) is 4.99. The summed E-state index contributed by atoms with van der Waals surface area (Å²) < 4.78 is 0. The lowest BCUT2D eigenvalue weighted by atomic mass is 10.1. The number of anilines is 1. The van der Waals surface area contributed by atoms with Crippen molar-refractivity contribution in [1.82, 2.24) is 0 Å². The van der Waals surface area contributed by atoms with Crippen molar-refractivity contribution in [2.45, 2.75) is 19.9 Å². The molecule has 2 aromatic rings. The number of aliphatic carboxylic acids is 1. The van der Waals surface area contributed by atoms with Crippen LogP contribution in [0.2, 0.25) is 0 Å². The van der Waals surface area contributed by atoms with Crippen LogP contribution in [-0.4, -0.2) is 29.6 Å². The number of Topliss-reactive ketones (excluding diaryl/α,β-unsaturated/α-hetero) is 1. The molecule has 3 N–H and O–H groups in total. The first kappa shape index (κ1) is 18.4. The third kappa shape index (κ3) is 5.92. The summed E-state index contributed by atoms with van der Waals surface area (Å²) in [6.07, 6.45) is 0. The first-order valence-electron chi connectivity index (χ1n) is 7.24. The number of ketones is 1. The van der Waals surface area contributed by atoms with Crippen LogP contribution < -0.4 is 10.6 Å². The standard InChI is InChI=1S/C11H14N2O3.C7H8/c1-8(14)10(11(15)16)13(7-12)9-5-3-2-4-6-9;1-7-5-3-2-4-6-7/h2-6,10H,7,12H2,1H3,(H,15,16);2-6H,1H3. The third-order valence-electron chi connectivity index (χ3n) is 3.16. The number of hydrogen-bond donors (Lipinski definition) is 2. The van der Waals surface area contributed by atoms with Crippen LogP contribution in [0.5, 0.6) is 0 Å². The molecule has 2 aromatic carbocycles. The fourth-order valence-electron chi connectivity index (χ4n) is 2.04. The molecule has 1 atom stereocenters. The van der Waals surface area contributed by atoms with Crippen molar-refractivity contribution >= 4 is 17.4 Å². The van der Waals surface area contributed by atoms with E-state index in [0.717, 1.165) is 0 Å². The third-order valence-corrected chi connectivity index (χ3v) is 3.16. The first-order chi connectivity index (χ1) is 11.0. The van der Waals surface area contributed by atoms with E-state index in [1.807, 2.05) is 24.3 Å². The molecule has 0 bridgehead atoms. The molecule has 0 aromatic heterocycles. The van der Waals surface area contributed by atoms with E-state index in [1.54, 1.807) is 24.3 Å². The van der Waals surface area contributed by atoms with Gasteiger partial charge in [0.15, 0.2) is 11.8 Å². The number of carboxylic acid groups (broad SMARTS) is 1. The summed E-state index contributed by atoms with van der Waals surface area (Å²) in [7, 11) is 0. The molecule has 0 saturated carbocycles. The van der Waals surface area contributed by atoms with Crippen LogP contribution in [-0.2, 0) is 9.59 Å². The normalized spacial score (nSPS) is 10.9. The smallest absolute Gasteiger partial charge is 0.334 e. The Morgan fingerprint density at radius 1 is 1.04 bits per heavy atom. The van der Waals surface area contributed by atoms with Gasteiger partial charge in [-0.1, -0.05) is 54.1 Å². The van der Waals surface area contributed by atoms with Crippen molar-refractivity contribution in [3.63, 3.8) is 0 Å². The molecule has 0 spiro atoms. The minimum Gasteiger partial charge on any atom is -0.479 e. The number of aryl methyl sites for hydroxylation is 1. The molecule has 0 saturated heterocycles. The van der Waals surface area contributed by atoms with Crippen LogP contribution in [0.25, 0.3) is 0 Å². The van der Waals surface area contributed by atoms with Gasteiger partial charge < -0.3 is 15.7 Å². The monoisotopic (exact) mass is 314 g/mol. The SMILES string of the molecule is CC(=O)C(C(=O)O)N(CN)c1ccccc1.Cc1ccccc1. The second kappa shape index (κ2) is 9.38. The Hall–Kier alpha value is -2.66. The minimum atomic E-state index is -1.23. The summed E-state index contributed by atoms with van der Waals surface area (Å²) in [6.45, 7) is 3.30. The lowest BCUT2D eigenvalue weighted by Crippen LogP contribution is -2.48. The highest BCUT2D eigenvalue weighted by Gasteiger charge is 2.29. The maximum atomic E-state index is 11.3. The summed E-state index contributed by atoms with van der Waals surface area (Å²) in [5, 5.41) is 8.99. The van der Waals surface area contributed by atoms with Gasteiger partial charge >= 0.3 is 5.97 Å². The second-order valence-corrected chi connectivity index (χ2v) is 4.99. The fourth-order valence-corrected chi connectivity index (χ4v) is 2.04. The zero-order valence-electron chi connectivity index (χ0n) is 13.3. The quantitative estimate of drug-likeness (QED) is 0.654. The summed E-state index contributed by atoms with van der Waals surface area (Å²) in [5.74, 6) is -1.64. The maximum absolute atomic E-state index is 11.3. The lowest BCUT2D eigenvalue weighted by molar-refractivity contribution is -0.141. The van der Waals surface area contributed by atoms with E-state index in [-0.39, 0.29) is 6.67 Å². The van der Waals surface area contributed by atoms with Crippen molar-refractivity contribution in [3.05, 3.63) is 66.2 Å². The average molecular weight is 314 g/mol. The van der Waals surface area contributed by atoms with Gasteiger partial charge in [-0.05, 0) is 26.0 Å². The fraction of sp³-hybridized carbons (Fsp3) is 0.222. The van der Waals surface area contributed by atoms with Crippen molar-refractivity contribution in [2.75, 3.05) is 11.6 Å². The van der Waals surface area contributed by atoms with E-state index in [0.29, 0.717) is 5.69 Å². The number of carbonyl (C=O) groups excluding carboxylic acids is 1. The molecule has 5 heteroatoms. The molecular formula is C18H22N2O3. The largest absolute Gasteiger partial charge is 0.479 e. The zero-order valence-corrected chi connectivity index (χ0v) is 13.3. The van der Waals surface area contributed by atoms with Gasteiger partial charge in [-0.25, -0.2) is 4.79 Å². The maximum Gasteiger partial charge on any atom is 0.334 e. The van der Waals surface area contributed by atoms with E-state index < -0.39 is 17.8 Å². The summed E-state index contributed by atoms with van der Waals surface area (Å²) in [4.78, 5) is 23.6. The molecule has 0 fully saturated rings. The molecule has 2 rings (SSSR count). The minimum absolute atomic E-state index is 0.0272. The number of rotatable bonds is 5. The summed E-state index contributed by atoms with van der Waals surface area (Å²) >= 11 is 0. The first-order valence-corrected chi connectivity index (χ1v) is 7.24.